The molecule has 0 aromatic carbocycles. The Kier molecular flexibility index (Phi) is 7.74. The molecule has 4 atom stereocenters. The molecule has 3 N–H and O–H groups in total. The van der Waals surface area contributed by atoms with Crippen molar-refractivity contribution in [2.75, 3.05) is 19.7 Å². The summed E-state index contributed by atoms with van der Waals surface area (Å²) in [5, 5.41) is 14.2. The number of nitrogens with one attached hydrogen (secondary N) is 2. The highest BCUT2D eigenvalue weighted by atomic mass is 16.6. The van der Waals surface area contributed by atoms with Crippen molar-refractivity contribution in [3.8, 4) is 0 Å². The predicted molar refractivity (Wildman–Crippen MR) is 121 cm³/mol. The minimum absolute atomic E-state index is 0.0251. The highest BCUT2D eigenvalue weighted by molar-refractivity contribution is 5.95. The molecule has 0 aromatic rings. The molecule has 1 aliphatic carbocycles. The van der Waals surface area contributed by atoms with E-state index in [1.807, 2.05) is 12.2 Å². The number of amides is 4. The Morgan fingerprint density at radius 2 is 2.03 bits per heavy atom. The molecule has 2 heterocycles. The number of ether oxygens (including phenoxy) is 2. The van der Waals surface area contributed by atoms with Gasteiger partial charge in [-0.3, -0.25) is 4.79 Å². The summed E-state index contributed by atoms with van der Waals surface area (Å²) in [5.41, 5.74) is 0.565. The lowest BCUT2D eigenvalue weighted by Gasteiger charge is -2.32. The first-order chi connectivity index (χ1) is 16.0. The van der Waals surface area contributed by atoms with Crippen LogP contribution < -0.4 is 10.7 Å². The molecule has 3 rings (SSSR count). The zero-order valence-electron chi connectivity index (χ0n) is 20.3. The standard InChI is InChI=1S/C23H36N4O7/c1-5-33-19(30)23-13-15(23)10-8-6-7-9-11-27(25-20(31)34-22(2,3)4)21(32)26-14-16(28)12-17(26)18(29)24-23/h8,10,15-17,28H,5-7,9,11-14H2,1-4H3,(H,24,29)(H,25,31)/b10-8-/t15-,16+,17+,23-/m1/s1. The van der Waals surface area contributed by atoms with Gasteiger partial charge >= 0.3 is 18.1 Å². The van der Waals surface area contributed by atoms with Gasteiger partial charge in [0.1, 0.15) is 17.2 Å². The van der Waals surface area contributed by atoms with Gasteiger partial charge in [0.05, 0.1) is 12.7 Å². The molecule has 2 fully saturated rings. The van der Waals surface area contributed by atoms with Gasteiger partial charge in [-0.15, -0.1) is 0 Å². The molecule has 11 heteroatoms. The Bertz CT molecular complexity index is 840. The van der Waals surface area contributed by atoms with E-state index in [4.69, 9.17) is 9.47 Å². The first-order valence-corrected chi connectivity index (χ1v) is 11.9. The van der Waals surface area contributed by atoms with Crippen LogP contribution in [-0.4, -0.2) is 82.0 Å². The van der Waals surface area contributed by atoms with Crippen LogP contribution in [0, 0.1) is 5.92 Å². The number of fused-ring (bicyclic) bond motifs is 2. The molecule has 190 valence electrons. The van der Waals surface area contributed by atoms with Crippen LogP contribution in [0.25, 0.3) is 0 Å². The lowest BCUT2D eigenvalue weighted by molar-refractivity contribution is -0.149. The molecule has 3 aliphatic rings. The quantitative estimate of drug-likeness (QED) is 0.411. The third-order valence-corrected chi connectivity index (χ3v) is 6.05. The first-order valence-electron chi connectivity index (χ1n) is 11.9. The Morgan fingerprint density at radius 3 is 2.71 bits per heavy atom. The van der Waals surface area contributed by atoms with Gasteiger partial charge in [0.15, 0.2) is 0 Å². The molecule has 11 nitrogen and oxygen atoms in total. The number of urea groups is 1. The average molecular weight is 481 g/mol. The summed E-state index contributed by atoms with van der Waals surface area (Å²) in [7, 11) is 0. The predicted octanol–water partition coefficient (Wildman–Crippen LogP) is 1.46. The highest BCUT2D eigenvalue weighted by Crippen LogP contribution is 2.46. The Balaban J connectivity index is 1.84. The maximum atomic E-state index is 13.4. The van der Waals surface area contributed by atoms with E-state index in [0.29, 0.717) is 19.3 Å². The second-order valence-corrected chi connectivity index (χ2v) is 10.0. The van der Waals surface area contributed by atoms with Gasteiger partial charge < -0.3 is 24.8 Å². The van der Waals surface area contributed by atoms with Gasteiger partial charge in [-0.2, -0.15) is 0 Å². The molecular formula is C23H36N4O7. The zero-order chi connectivity index (χ0) is 25.1. The number of hydrogen-bond donors (Lipinski definition) is 3. The summed E-state index contributed by atoms with van der Waals surface area (Å²) < 4.78 is 10.5. The van der Waals surface area contributed by atoms with Crippen LogP contribution in [0.5, 0.6) is 0 Å². The Morgan fingerprint density at radius 1 is 1.29 bits per heavy atom. The van der Waals surface area contributed by atoms with E-state index >= 15 is 0 Å². The number of esters is 1. The smallest absolute Gasteiger partial charge is 0.426 e. The number of hydrogen-bond acceptors (Lipinski definition) is 7. The van der Waals surface area contributed by atoms with Gasteiger partial charge in [-0.1, -0.05) is 12.2 Å². The van der Waals surface area contributed by atoms with Crippen molar-refractivity contribution in [3.63, 3.8) is 0 Å². The van der Waals surface area contributed by atoms with Crippen molar-refractivity contribution in [1.82, 2.24) is 20.7 Å². The van der Waals surface area contributed by atoms with E-state index < -0.39 is 47.3 Å². The molecule has 0 radical (unpaired) electrons. The number of carbonyl (C=O) groups excluding carboxylic acids is 4. The number of hydrazine groups is 1. The van der Waals surface area contributed by atoms with Crippen LogP contribution in [0.3, 0.4) is 0 Å². The van der Waals surface area contributed by atoms with Crippen molar-refractivity contribution >= 4 is 24.0 Å². The van der Waals surface area contributed by atoms with Crippen molar-refractivity contribution in [2.45, 2.75) is 83.1 Å². The molecule has 0 spiro atoms. The van der Waals surface area contributed by atoms with Crippen LogP contribution in [0.2, 0.25) is 0 Å². The van der Waals surface area contributed by atoms with E-state index in [1.54, 1.807) is 27.7 Å². The molecule has 2 aliphatic heterocycles. The van der Waals surface area contributed by atoms with Gasteiger partial charge in [-0.25, -0.2) is 24.8 Å². The lowest BCUT2D eigenvalue weighted by Crippen LogP contribution is -2.58. The number of allylic oxidation sites excluding steroid dienone is 1. The summed E-state index contributed by atoms with van der Waals surface area (Å²) in [6.45, 7) is 7.17. The molecule has 0 unspecified atom stereocenters. The van der Waals surface area contributed by atoms with Crippen molar-refractivity contribution in [1.29, 1.82) is 0 Å². The highest BCUT2D eigenvalue weighted by Gasteiger charge is 2.62. The minimum atomic E-state index is -1.16. The largest absolute Gasteiger partial charge is 0.464 e. The van der Waals surface area contributed by atoms with Gasteiger partial charge in [0.2, 0.25) is 5.91 Å². The normalized spacial score (nSPS) is 30.9. The number of rotatable bonds is 3. The van der Waals surface area contributed by atoms with Crippen LogP contribution in [0.4, 0.5) is 9.59 Å². The fourth-order valence-electron chi connectivity index (χ4n) is 4.34. The van der Waals surface area contributed by atoms with Crippen LogP contribution in [-0.2, 0) is 19.1 Å². The summed E-state index contributed by atoms with van der Waals surface area (Å²) in [6.07, 6.45) is 4.68. The fraction of sp³-hybridized carbons (Fsp3) is 0.739. The number of carbonyl (C=O) groups is 4. The lowest BCUT2D eigenvalue weighted by atomic mass is 10.1. The Labute approximate surface area is 199 Å². The van der Waals surface area contributed by atoms with E-state index in [2.05, 4.69) is 10.7 Å². The van der Waals surface area contributed by atoms with Crippen molar-refractivity contribution < 1.29 is 33.8 Å². The third kappa shape index (κ3) is 5.99. The molecule has 4 amide bonds. The SMILES string of the molecule is CCOC(=O)[C@@]12C[C@H]1/C=C\CCCCN(NC(=O)OC(C)(C)C)C(=O)N1C[C@@H](O)C[C@H]1C(=O)N2. The number of aliphatic hydroxyl groups excluding tert-OH is 1. The zero-order valence-corrected chi connectivity index (χ0v) is 20.3. The van der Waals surface area contributed by atoms with Gasteiger partial charge in [0.25, 0.3) is 0 Å². The average Bonchev–Trinajstić information content (AvgIpc) is 3.28. The van der Waals surface area contributed by atoms with Crippen molar-refractivity contribution in [2.24, 2.45) is 5.92 Å². The topological polar surface area (TPSA) is 138 Å². The minimum Gasteiger partial charge on any atom is -0.464 e. The molecule has 1 saturated carbocycles. The summed E-state index contributed by atoms with van der Waals surface area (Å²) in [4.78, 5) is 52.9. The van der Waals surface area contributed by atoms with E-state index in [0.717, 1.165) is 11.4 Å². The maximum absolute atomic E-state index is 13.4. The second kappa shape index (κ2) is 10.2. The molecule has 0 bridgehead atoms. The van der Waals surface area contributed by atoms with E-state index in [-0.39, 0.29) is 32.0 Å². The van der Waals surface area contributed by atoms with Crippen LogP contribution in [0.15, 0.2) is 12.2 Å². The fourth-order valence-corrected chi connectivity index (χ4v) is 4.34. The second-order valence-electron chi connectivity index (χ2n) is 10.0. The molecular weight excluding hydrogens is 444 g/mol. The summed E-state index contributed by atoms with van der Waals surface area (Å²) in [6, 6.07) is -1.61. The van der Waals surface area contributed by atoms with Gasteiger partial charge in [-0.05, 0) is 53.4 Å². The van der Waals surface area contributed by atoms with Crippen molar-refractivity contribution in [3.05, 3.63) is 12.2 Å². The van der Waals surface area contributed by atoms with Crippen LogP contribution in [0.1, 0.15) is 59.8 Å². The molecule has 0 aromatic heterocycles. The maximum Gasteiger partial charge on any atom is 0.426 e. The summed E-state index contributed by atoms with van der Waals surface area (Å²) >= 11 is 0. The van der Waals surface area contributed by atoms with E-state index in [9.17, 15) is 24.3 Å². The Hall–Kier alpha value is -2.82. The third-order valence-electron chi connectivity index (χ3n) is 6.05. The van der Waals surface area contributed by atoms with Gasteiger partial charge in [0, 0.05) is 25.4 Å². The molecule has 34 heavy (non-hydrogen) atoms. The summed E-state index contributed by atoms with van der Waals surface area (Å²) in [5.74, 6) is -1.22. The first kappa shape index (κ1) is 25.8. The van der Waals surface area contributed by atoms with Crippen LogP contribution >= 0.6 is 0 Å². The number of aliphatic hydroxyl groups is 1. The number of nitrogens with zero attached hydrogens (tertiary/aromatic N) is 2. The molecule has 1 saturated heterocycles. The monoisotopic (exact) mass is 480 g/mol. The van der Waals surface area contributed by atoms with E-state index in [1.165, 1.54) is 4.90 Å².